The molecule has 0 amide bonds. The maximum atomic E-state index is 13.6. The number of nitrogens with zero attached hydrogens (tertiary/aromatic N) is 6. The van der Waals surface area contributed by atoms with Crippen LogP contribution in [0.15, 0.2) is 30.9 Å². The third-order valence-electron chi connectivity index (χ3n) is 6.02. The first-order chi connectivity index (χ1) is 14.9. The number of aromatic nitrogens is 5. The quantitative estimate of drug-likeness (QED) is 0.568. The number of rotatable bonds is 5. The summed E-state index contributed by atoms with van der Waals surface area (Å²) in [6, 6.07) is 5.29. The molecule has 32 heavy (non-hydrogen) atoms. The number of imidazole rings is 1. The maximum Gasteiger partial charge on any atom is 0.346 e. The summed E-state index contributed by atoms with van der Waals surface area (Å²) in [5.74, 6) is -1.55. The predicted molar refractivity (Wildman–Crippen MR) is 118 cm³/mol. The van der Waals surface area contributed by atoms with Gasteiger partial charge in [-0.3, -0.25) is 4.31 Å². The number of alkyl halides is 2. The molecule has 0 bridgehead atoms. The van der Waals surface area contributed by atoms with Crippen molar-refractivity contribution < 1.29 is 17.2 Å². The molecule has 0 radical (unpaired) electrons. The fraction of sp³-hybridized carbons (Fsp3) is 0.571. The van der Waals surface area contributed by atoms with E-state index in [9.17, 15) is 17.2 Å². The lowest BCUT2D eigenvalue weighted by atomic mass is 9.86. The summed E-state index contributed by atoms with van der Waals surface area (Å²) in [6.07, 6.45) is 3.09. The van der Waals surface area contributed by atoms with Crippen molar-refractivity contribution >= 4 is 26.9 Å². The van der Waals surface area contributed by atoms with Gasteiger partial charge in [-0.2, -0.15) is 8.42 Å². The zero-order chi connectivity index (χ0) is 23.3. The van der Waals surface area contributed by atoms with Gasteiger partial charge in [0.2, 0.25) is 5.92 Å². The normalized spacial score (nSPS) is 17.7. The van der Waals surface area contributed by atoms with Gasteiger partial charge in [0, 0.05) is 31.8 Å². The van der Waals surface area contributed by atoms with Gasteiger partial charge in [-0.05, 0) is 37.0 Å². The van der Waals surface area contributed by atoms with E-state index in [-0.39, 0.29) is 24.2 Å². The molecule has 0 saturated heterocycles. The summed E-state index contributed by atoms with van der Waals surface area (Å²) in [5, 5.41) is 3.73. The number of halogens is 2. The van der Waals surface area contributed by atoms with E-state index in [2.05, 4.69) is 35.4 Å². The molecule has 11 heteroatoms. The van der Waals surface area contributed by atoms with Gasteiger partial charge in [0.05, 0.1) is 16.7 Å². The highest BCUT2D eigenvalue weighted by molar-refractivity contribution is 7.91. The second-order valence-corrected chi connectivity index (χ2v) is 11.3. The molecule has 0 aliphatic heterocycles. The largest absolute Gasteiger partial charge is 0.346 e. The number of hydrogen-bond acceptors (Lipinski definition) is 5. The van der Waals surface area contributed by atoms with E-state index in [1.807, 2.05) is 6.07 Å². The monoisotopic (exact) mass is 466 g/mol. The van der Waals surface area contributed by atoms with Crippen LogP contribution in [0.4, 0.5) is 14.5 Å². The molecule has 1 fully saturated rings. The Morgan fingerprint density at radius 1 is 1.22 bits per heavy atom. The SMILES string of the molecule is CN(c1ccc2c(c1)nc(C(C)(C)C)n2CC1CCC(F)(F)CC1)S(=O)(=O)n1cncn1. The van der Waals surface area contributed by atoms with E-state index in [4.69, 9.17) is 4.98 Å². The average Bonchev–Trinajstić information content (AvgIpc) is 3.37. The van der Waals surface area contributed by atoms with Crippen LogP contribution in [0.2, 0.25) is 0 Å². The maximum absolute atomic E-state index is 13.6. The van der Waals surface area contributed by atoms with E-state index >= 15 is 0 Å². The molecule has 0 unspecified atom stereocenters. The summed E-state index contributed by atoms with van der Waals surface area (Å²) in [4.78, 5) is 8.53. The van der Waals surface area contributed by atoms with Crippen molar-refractivity contribution in [1.29, 1.82) is 0 Å². The molecule has 4 rings (SSSR count). The molecule has 1 saturated carbocycles. The Bertz CT molecular complexity index is 1210. The van der Waals surface area contributed by atoms with E-state index in [0.717, 1.165) is 32.4 Å². The van der Waals surface area contributed by atoms with Crippen LogP contribution in [-0.2, 0) is 22.2 Å². The minimum Gasteiger partial charge on any atom is -0.327 e. The van der Waals surface area contributed by atoms with Crippen LogP contribution < -0.4 is 4.31 Å². The standard InChI is InChI=1S/C21H28F2N6O2S/c1-20(2,3)19-26-17-11-16(27(4)32(30,31)29-14-24-13-25-29)5-6-18(17)28(19)12-15-7-9-21(22,23)10-8-15/h5-6,11,13-15H,7-10,12H2,1-4H3. The second kappa shape index (κ2) is 7.79. The van der Waals surface area contributed by atoms with Gasteiger partial charge in [0.1, 0.15) is 18.5 Å². The summed E-state index contributed by atoms with van der Waals surface area (Å²) in [5.41, 5.74) is 1.70. The molecule has 0 atom stereocenters. The van der Waals surface area contributed by atoms with Gasteiger partial charge < -0.3 is 4.57 Å². The van der Waals surface area contributed by atoms with Gasteiger partial charge in [0.25, 0.3) is 0 Å². The molecule has 174 valence electrons. The first-order valence-electron chi connectivity index (χ1n) is 10.6. The molecular weight excluding hydrogens is 438 g/mol. The van der Waals surface area contributed by atoms with Gasteiger partial charge in [-0.15, -0.1) is 9.19 Å². The van der Waals surface area contributed by atoms with Gasteiger partial charge in [-0.1, -0.05) is 20.8 Å². The van der Waals surface area contributed by atoms with E-state index in [0.29, 0.717) is 30.6 Å². The number of benzene rings is 1. The highest BCUT2D eigenvalue weighted by Gasteiger charge is 2.36. The molecule has 8 nitrogen and oxygen atoms in total. The summed E-state index contributed by atoms with van der Waals surface area (Å²) in [6.45, 7) is 6.79. The van der Waals surface area contributed by atoms with Gasteiger partial charge in [-0.25, -0.2) is 18.7 Å². The summed E-state index contributed by atoms with van der Waals surface area (Å²) >= 11 is 0. The lowest BCUT2D eigenvalue weighted by Crippen LogP contribution is -2.32. The van der Waals surface area contributed by atoms with E-state index in [1.54, 1.807) is 12.1 Å². The molecule has 0 spiro atoms. The Kier molecular flexibility index (Phi) is 5.51. The first kappa shape index (κ1) is 22.6. The fourth-order valence-corrected chi connectivity index (χ4v) is 5.15. The third-order valence-corrected chi connectivity index (χ3v) is 7.59. The zero-order valence-corrected chi connectivity index (χ0v) is 19.5. The fourth-order valence-electron chi connectivity index (χ4n) is 4.19. The number of hydrogen-bond donors (Lipinski definition) is 0. The highest BCUT2D eigenvalue weighted by Crippen LogP contribution is 2.38. The molecule has 1 aliphatic carbocycles. The van der Waals surface area contributed by atoms with E-state index < -0.39 is 16.1 Å². The predicted octanol–water partition coefficient (Wildman–Crippen LogP) is 3.98. The van der Waals surface area contributed by atoms with Gasteiger partial charge in [0.15, 0.2) is 0 Å². The first-order valence-corrected chi connectivity index (χ1v) is 12.0. The van der Waals surface area contributed by atoms with Crippen LogP contribution >= 0.6 is 0 Å². The summed E-state index contributed by atoms with van der Waals surface area (Å²) < 4.78 is 56.8. The Balaban J connectivity index is 1.70. The molecule has 3 aromatic rings. The van der Waals surface area contributed by atoms with Crippen molar-refractivity contribution in [3.63, 3.8) is 0 Å². The second-order valence-electron chi connectivity index (χ2n) is 9.51. The third kappa shape index (κ3) is 4.22. The molecule has 2 aromatic heterocycles. The average molecular weight is 467 g/mol. The van der Waals surface area contributed by atoms with Crippen molar-refractivity contribution in [1.82, 2.24) is 23.7 Å². The van der Waals surface area contributed by atoms with Gasteiger partial charge >= 0.3 is 10.2 Å². The zero-order valence-electron chi connectivity index (χ0n) is 18.7. The van der Waals surface area contributed by atoms with Crippen molar-refractivity contribution in [2.75, 3.05) is 11.4 Å². The lowest BCUT2D eigenvalue weighted by Gasteiger charge is -2.30. The molecular formula is C21H28F2N6O2S. The van der Waals surface area contributed by atoms with Crippen molar-refractivity contribution in [2.24, 2.45) is 5.92 Å². The molecule has 2 heterocycles. The molecule has 0 N–H and O–H groups in total. The van der Waals surface area contributed by atoms with E-state index in [1.165, 1.54) is 7.05 Å². The Hall–Kier alpha value is -2.56. The van der Waals surface area contributed by atoms with Crippen LogP contribution in [0, 0.1) is 5.92 Å². The Morgan fingerprint density at radius 3 is 2.50 bits per heavy atom. The lowest BCUT2D eigenvalue weighted by molar-refractivity contribution is -0.0473. The molecule has 1 aromatic carbocycles. The minimum atomic E-state index is -3.91. The van der Waals surface area contributed by atoms with Crippen LogP contribution in [0.25, 0.3) is 11.0 Å². The molecule has 1 aliphatic rings. The van der Waals surface area contributed by atoms with Crippen LogP contribution in [-0.4, -0.2) is 45.1 Å². The van der Waals surface area contributed by atoms with Crippen molar-refractivity contribution in [2.45, 2.75) is 64.3 Å². The number of anilines is 1. The van der Waals surface area contributed by atoms with Crippen molar-refractivity contribution in [3.8, 4) is 0 Å². The smallest absolute Gasteiger partial charge is 0.327 e. The van der Waals surface area contributed by atoms with Crippen molar-refractivity contribution in [3.05, 3.63) is 36.7 Å². The number of fused-ring (bicyclic) bond motifs is 1. The topological polar surface area (TPSA) is 85.9 Å². The summed E-state index contributed by atoms with van der Waals surface area (Å²) in [7, 11) is -2.47. The van der Waals surface area contributed by atoms with Crippen LogP contribution in [0.5, 0.6) is 0 Å². The Morgan fingerprint density at radius 2 is 1.91 bits per heavy atom. The minimum absolute atomic E-state index is 0.0791. The van der Waals surface area contributed by atoms with Crippen LogP contribution in [0.1, 0.15) is 52.3 Å². The van der Waals surface area contributed by atoms with Crippen LogP contribution in [0.3, 0.4) is 0 Å². The highest BCUT2D eigenvalue weighted by atomic mass is 32.2. The Labute approximate surface area is 186 Å².